The molecule has 0 aliphatic heterocycles. The molecule has 0 fully saturated rings. The van der Waals surface area contributed by atoms with Gasteiger partial charge in [0, 0.05) is 17.1 Å². The summed E-state index contributed by atoms with van der Waals surface area (Å²) in [4.78, 5) is 0. The monoisotopic (exact) mass is 244 g/mol. The van der Waals surface area contributed by atoms with E-state index in [0.29, 0.717) is 0 Å². The van der Waals surface area contributed by atoms with Crippen LogP contribution in [0.2, 0.25) is 0 Å². The van der Waals surface area contributed by atoms with Crippen molar-refractivity contribution in [3.8, 4) is 0 Å². The lowest BCUT2D eigenvalue weighted by molar-refractivity contribution is -0.671. The standard InChI is InChI=1S/C10H14BrNO/c1-13-7-6-12-8-9-2-4-10(11)5-3-9/h2-5,12H,6-8H2,1H3/p+1. The summed E-state index contributed by atoms with van der Waals surface area (Å²) in [6.07, 6.45) is 0. The van der Waals surface area contributed by atoms with E-state index in [0.717, 1.165) is 24.2 Å². The molecule has 0 atom stereocenters. The van der Waals surface area contributed by atoms with Crippen molar-refractivity contribution in [2.45, 2.75) is 6.54 Å². The molecule has 1 rings (SSSR count). The number of halogens is 1. The quantitative estimate of drug-likeness (QED) is 0.774. The van der Waals surface area contributed by atoms with E-state index in [-0.39, 0.29) is 0 Å². The van der Waals surface area contributed by atoms with E-state index >= 15 is 0 Å². The van der Waals surface area contributed by atoms with Crippen LogP contribution in [-0.2, 0) is 11.3 Å². The molecule has 0 saturated carbocycles. The lowest BCUT2D eigenvalue weighted by Gasteiger charge is -2.01. The number of ether oxygens (including phenoxy) is 1. The van der Waals surface area contributed by atoms with Gasteiger partial charge in [0.25, 0.3) is 0 Å². The largest absolute Gasteiger partial charge is 0.379 e. The van der Waals surface area contributed by atoms with Crippen LogP contribution in [0.1, 0.15) is 5.56 Å². The summed E-state index contributed by atoms with van der Waals surface area (Å²) in [5.74, 6) is 0. The van der Waals surface area contributed by atoms with Gasteiger partial charge in [-0.25, -0.2) is 0 Å². The van der Waals surface area contributed by atoms with Crippen LogP contribution in [0.5, 0.6) is 0 Å². The fourth-order valence-electron chi connectivity index (χ4n) is 1.09. The van der Waals surface area contributed by atoms with Gasteiger partial charge in [-0.05, 0) is 12.1 Å². The molecule has 0 radical (unpaired) electrons. The molecular formula is C10H15BrNO+. The average molecular weight is 245 g/mol. The minimum Gasteiger partial charge on any atom is -0.379 e. The van der Waals surface area contributed by atoms with Crippen LogP contribution in [0, 0.1) is 0 Å². The summed E-state index contributed by atoms with van der Waals surface area (Å²) in [6.45, 7) is 2.86. The third-order valence-electron chi connectivity index (χ3n) is 1.82. The number of nitrogens with two attached hydrogens (primary N) is 1. The number of benzene rings is 1. The predicted octanol–water partition coefficient (Wildman–Crippen LogP) is 1.16. The Morgan fingerprint density at radius 1 is 1.31 bits per heavy atom. The lowest BCUT2D eigenvalue weighted by Crippen LogP contribution is -2.83. The van der Waals surface area contributed by atoms with Crippen LogP contribution in [0.25, 0.3) is 0 Å². The summed E-state index contributed by atoms with van der Waals surface area (Å²) in [7, 11) is 1.73. The first kappa shape index (κ1) is 10.7. The van der Waals surface area contributed by atoms with Crippen LogP contribution in [0.4, 0.5) is 0 Å². The minimum atomic E-state index is 0.816. The van der Waals surface area contributed by atoms with Gasteiger partial charge < -0.3 is 10.1 Å². The molecule has 1 aromatic carbocycles. The molecular weight excluding hydrogens is 230 g/mol. The summed E-state index contributed by atoms with van der Waals surface area (Å²) >= 11 is 3.41. The normalized spacial score (nSPS) is 10.3. The Labute approximate surface area is 87.4 Å². The summed E-state index contributed by atoms with van der Waals surface area (Å²) in [6, 6.07) is 8.40. The summed E-state index contributed by atoms with van der Waals surface area (Å²) in [5.41, 5.74) is 1.35. The zero-order chi connectivity index (χ0) is 9.52. The van der Waals surface area contributed by atoms with E-state index in [1.165, 1.54) is 5.56 Å². The first-order valence-corrected chi connectivity index (χ1v) is 5.17. The van der Waals surface area contributed by atoms with E-state index < -0.39 is 0 Å². The Morgan fingerprint density at radius 3 is 2.62 bits per heavy atom. The van der Waals surface area contributed by atoms with Gasteiger partial charge in [-0.15, -0.1) is 0 Å². The fourth-order valence-corrected chi connectivity index (χ4v) is 1.35. The van der Waals surface area contributed by atoms with Crippen LogP contribution in [-0.4, -0.2) is 20.3 Å². The van der Waals surface area contributed by atoms with Crippen molar-refractivity contribution in [1.29, 1.82) is 0 Å². The molecule has 1 aromatic rings. The summed E-state index contributed by atoms with van der Waals surface area (Å²) < 4.78 is 6.09. The summed E-state index contributed by atoms with van der Waals surface area (Å²) in [5, 5.41) is 2.24. The molecule has 0 bridgehead atoms. The molecule has 3 heteroatoms. The van der Waals surface area contributed by atoms with Gasteiger partial charge in [0.15, 0.2) is 0 Å². The minimum absolute atomic E-state index is 0.816. The molecule has 2 nitrogen and oxygen atoms in total. The Morgan fingerprint density at radius 2 is 2.00 bits per heavy atom. The van der Waals surface area contributed by atoms with E-state index in [2.05, 4.69) is 45.5 Å². The molecule has 0 unspecified atom stereocenters. The maximum atomic E-state index is 4.96. The Hall–Kier alpha value is -0.380. The van der Waals surface area contributed by atoms with Crippen molar-refractivity contribution in [2.24, 2.45) is 0 Å². The van der Waals surface area contributed by atoms with Crippen molar-refractivity contribution >= 4 is 15.9 Å². The van der Waals surface area contributed by atoms with Crippen LogP contribution < -0.4 is 5.32 Å². The highest BCUT2D eigenvalue weighted by molar-refractivity contribution is 9.10. The molecule has 2 N–H and O–H groups in total. The first-order chi connectivity index (χ1) is 6.33. The second-order valence-electron chi connectivity index (χ2n) is 2.90. The zero-order valence-corrected chi connectivity index (χ0v) is 9.38. The van der Waals surface area contributed by atoms with Gasteiger partial charge in [-0.1, -0.05) is 28.1 Å². The molecule has 0 amide bonds. The molecule has 0 aliphatic rings. The Balaban J connectivity index is 2.25. The first-order valence-electron chi connectivity index (χ1n) is 4.38. The van der Waals surface area contributed by atoms with Gasteiger partial charge in [0.05, 0.1) is 13.2 Å². The third kappa shape index (κ3) is 4.41. The molecule has 0 saturated heterocycles. The van der Waals surface area contributed by atoms with Gasteiger partial charge in [0.1, 0.15) is 6.54 Å². The van der Waals surface area contributed by atoms with E-state index in [1.807, 2.05) is 0 Å². The van der Waals surface area contributed by atoms with Crippen molar-refractivity contribution in [3.05, 3.63) is 34.3 Å². The van der Waals surface area contributed by atoms with Gasteiger partial charge >= 0.3 is 0 Å². The number of hydrogen-bond acceptors (Lipinski definition) is 1. The Bertz CT molecular complexity index is 235. The second-order valence-corrected chi connectivity index (χ2v) is 3.82. The highest BCUT2D eigenvalue weighted by Gasteiger charge is 1.94. The maximum absolute atomic E-state index is 4.96. The van der Waals surface area contributed by atoms with Gasteiger partial charge in [0.2, 0.25) is 0 Å². The van der Waals surface area contributed by atoms with Crippen LogP contribution in [0.3, 0.4) is 0 Å². The average Bonchev–Trinajstić information content (AvgIpc) is 2.15. The van der Waals surface area contributed by atoms with Crippen molar-refractivity contribution in [2.75, 3.05) is 20.3 Å². The molecule has 0 heterocycles. The zero-order valence-electron chi connectivity index (χ0n) is 7.79. The smallest absolute Gasteiger partial charge is 0.101 e. The highest BCUT2D eigenvalue weighted by Crippen LogP contribution is 2.09. The van der Waals surface area contributed by atoms with Crippen LogP contribution in [0.15, 0.2) is 28.7 Å². The van der Waals surface area contributed by atoms with E-state index in [1.54, 1.807) is 7.11 Å². The SMILES string of the molecule is COCC[NH2+]Cc1ccc(Br)cc1. The topological polar surface area (TPSA) is 25.8 Å². The maximum Gasteiger partial charge on any atom is 0.101 e. The molecule has 72 valence electrons. The lowest BCUT2D eigenvalue weighted by atomic mass is 10.2. The number of methoxy groups -OCH3 is 1. The van der Waals surface area contributed by atoms with Crippen molar-refractivity contribution < 1.29 is 10.1 Å². The number of rotatable bonds is 5. The number of hydrogen-bond donors (Lipinski definition) is 1. The Kier molecular flexibility index (Phi) is 5.05. The molecule has 13 heavy (non-hydrogen) atoms. The molecule has 0 spiro atoms. The third-order valence-corrected chi connectivity index (χ3v) is 2.35. The molecule has 0 aliphatic carbocycles. The number of quaternary nitrogens is 1. The van der Waals surface area contributed by atoms with E-state index in [9.17, 15) is 0 Å². The predicted molar refractivity (Wildman–Crippen MR) is 56.5 cm³/mol. The highest BCUT2D eigenvalue weighted by atomic mass is 79.9. The van der Waals surface area contributed by atoms with Gasteiger partial charge in [-0.2, -0.15) is 0 Å². The van der Waals surface area contributed by atoms with Crippen molar-refractivity contribution in [1.82, 2.24) is 0 Å². The second kappa shape index (κ2) is 6.13. The van der Waals surface area contributed by atoms with E-state index in [4.69, 9.17) is 4.74 Å². The fraction of sp³-hybridized carbons (Fsp3) is 0.400. The molecule has 0 aromatic heterocycles. The van der Waals surface area contributed by atoms with Crippen LogP contribution >= 0.6 is 15.9 Å². The van der Waals surface area contributed by atoms with Gasteiger partial charge in [-0.3, -0.25) is 0 Å². The van der Waals surface area contributed by atoms with Crippen molar-refractivity contribution in [3.63, 3.8) is 0 Å².